The predicted octanol–water partition coefficient (Wildman–Crippen LogP) is 30.3. The van der Waals surface area contributed by atoms with E-state index in [0.717, 1.165) is 120 Å². The Balaban J connectivity index is 0.730. The van der Waals surface area contributed by atoms with Gasteiger partial charge in [-0.15, -0.1) is 0 Å². The Morgan fingerprint density at radius 1 is 0.521 bits per heavy atom. The van der Waals surface area contributed by atoms with Gasteiger partial charge in [0.05, 0.1) is 14.1 Å². The molecule has 21 aliphatic rings. The zero-order chi connectivity index (χ0) is 81.6. The van der Waals surface area contributed by atoms with Gasteiger partial charge in [0.2, 0.25) is 0 Å². The predicted molar refractivity (Wildman–Crippen MR) is 502 cm³/mol. The van der Waals surface area contributed by atoms with Gasteiger partial charge in [0.1, 0.15) is 11.6 Å². The maximum Gasteiger partial charge on any atom is 0.123 e. The lowest BCUT2D eigenvalue weighted by Gasteiger charge is -2.52. The maximum atomic E-state index is 14.9. The summed E-state index contributed by atoms with van der Waals surface area (Å²) in [5, 5.41) is 1.82. The van der Waals surface area contributed by atoms with Crippen molar-refractivity contribution in [2.45, 2.75) is 222 Å². The van der Waals surface area contributed by atoms with Crippen molar-refractivity contribution in [1.29, 1.82) is 0 Å². The van der Waals surface area contributed by atoms with Gasteiger partial charge in [-0.2, -0.15) is 0 Å². The molecule has 0 spiro atoms. The summed E-state index contributed by atoms with van der Waals surface area (Å²) in [7, 11) is -2.40. The van der Waals surface area contributed by atoms with E-state index in [1.807, 2.05) is 17.3 Å². The quantitative estimate of drug-likeness (QED) is 0.0972. The third-order valence-corrected chi connectivity index (χ3v) is 41.6. The first-order valence-electron chi connectivity index (χ1n) is 48.1. The molecule has 0 aromatic heterocycles. The van der Waals surface area contributed by atoms with Crippen LogP contribution in [-0.4, -0.2) is 23.9 Å². The average Bonchev–Trinajstić information content (AvgIpc) is 1.54. The molecule has 6 heterocycles. The minimum atomic E-state index is -2.40. The number of rotatable bonds is 13. The van der Waals surface area contributed by atoms with Crippen LogP contribution in [-0.2, 0) is 5.41 Å². The van der Waals surface area contributed by atoms with Crippen molar-refractivity contribution in [3.8, 4) is 11.1 Å². The summed E-state index contributed by atoms with van der Waals surface area (Å²) in [5.41, 5.74) is 27.4. The Morgan fingerprint density at radius 3 is 2.11 bits per heavy atom. The second-order valence-electron chi connectivity index (χ2n) is 40.4. The number of allylic oxidation sites excluding steroid dienone is 38. The number of nitrogens with zero attached hydrogens (tertiary/aromatic N) is 2. The summed E-state index contributed by atoms with van der Waals surface area (Å²) in [6.45, 7) is 14.2. The van der Waals surface area contributed by atoms with Gasteiger partial charge in [0, 0.05) is 45.7 Å². The molecule has 22 atom stereocenters. The van der Waals surface area contributed by atoms with Gasteiger partial charge in [0.25, 0.3) is 0 Å². The molecular weight excluding hydrogens is 1490 g/mol. The van der Waals surface area contributed by atoms with E-state index in [1.165, 1.54) is 119 Å². The Labute approximate surface area is 724 Å². The van der Waals surface area contributed by atoms with Gasteiger partial charge >= 0.3 is 0 Å². The Hall–Kier alpha value is -8.90. The molecule has 2 nitrogen and oxygen atoms in total. The van der Waals surface area contributed by atoms with Gasteiger partial charge in [0.15, 0.2) is 0 Å². The highest BCUT2D eigenvalue weighted by atomic mass is 28.3. The molecule has 25 rings (SSSR count). The van der Waals surface area contributed by atoms with E-state index in [1.54, 1.807) is 46.7 Å². The number of benzene rings is 4. The molecule has 2 fully saturated rings. The van der Waals surface area contributed by atoms with Crippen LogP contribution in [0.25, 0.3) is 16.7 Å². The van der Waals surface area contributed by atoms with E-state index in [9.17, 15) is 8.78 Å². The second kappa shape index (κ2) is 33.3. The number of aryl methyl sites for hydroxylation is 2. The highest BCUT2D eigenvalue weighted by molar-refractivity contribution is 6.91. The number of hydrogen-bond donors (Lipinski definition) is 0. The monoisotopic (exact) mass is 1610 g/mol. The smallest absolute Gasteiger partial charge is 0.123 e. The molecule has 6 bridgehead atoms. The van der Waals surface area contributed by atoms with E-state index in [4.69, 9.17) is 0 Å². The van der Waals surface area contributed by atoms with Crippen LogP contribution < -0.4 is 0 Å². The fourth-order valence-electron chi connectivity index (χ4n) is 29.3. The average molecular weight is 1620 g/mol. The van der Waals surface area contributed by atoms with Crippen LogP contribution >= 0.6 is 0 Å². The van der Waals surface area contributed by atoms with E-state index in [-0.39, 0.29) is 34.9 Å². The van der Waals surface area contributed by atoms with Gasteiger partial charge in [-0.25, -0.2) is 8.78 Å². The Kier molecular flexibility index (Phi) is 21.8. The SMILES string of the molecule is C=CC1=CCC(C2(c3cc(C)ccc3C)C3CCC=CC3C3C=CC(N(C4=CC=C(c5cccc(-c6ccc(F)cc6)c5)CC4)C4=CC5C6C=C(N7C8=CCC(C=C8)C8=CCCC(c9ccc(F)cc9)/C8=C/C8C=CC(=CC8)C8CCC=CC8C8C=CC7=CC8C7CC(C)=CCC7C)CCC6[Si](C6=CCCC=C6)(C6CC=CCC6)C5CC4)CC32)CC1. The summed E-state index contributed by atoms with van der Waals surface area (Å²) < 4.78 is 29.4. The van der Waals surface area contributed by atoms with Crippen molar-refractivity contribution in [2.75, 3.05) is 0 Å². The number of fused-ring (bicyclic) bond motifs is 7. The van der Waals surface area contributed by atoms with Crippen LogP contribution in [0.3, 0.4) is 0 Å². The molecule has 15 aliphatic carbocycles. The van der Waals surface area contributed by atoms with Crippen LogP contribution in [0.2, 0.25) is 16.6 Å². The molecule has 1 saturated carbocycles. The summed E-state index contributed by atoms with van der Waals surface area (Å²) >= 11 is 0. The normalized spacial score (nSPS) is 36.7. The minimum Gasteiger partial charge on any atom is -0.342 e. The summed E-state index contributed by atoms with van der Waals surface area (Å²) in [5.74, 6) is 6.46. The molecule has 22 unspecified atom stereocenters. The van der Waals surface area contributed by atoms with Crippen molar-refractivity contribution >= 4 is 13.6 Å². The molecule has 0 radical (unpaired) electrons. The van der Waals surface area contributed by atoms with E-state index in [0.29, 0.717) is 99.5 Å². The standard InChI is InChI=1S/C116H128F2N2Si/c1-6-79-37-49-88(50-38-79)116(112-68-76(3)32-34-78(112)5)111-30-16-15-27-104(111)105-64-60-96(74-113(105)116)120(91-55-45-82(46-56-91)87-20-17-19-86(70-87)81-41-51-89(117)52-42-81)95-62-66-115-110(73-95)109-72-94(61-65-114(109)121(115,97-21-9-7-10-22-97)98-23-11-8-12-24-98)119-92-57-47-85(48-58-92)101-29-18-28-100(84-43-53-90(118)54-44-84)107(101)69-80-35-39-83(40-36-80)99-25-13-14-26-102(99)103-63-59-93(119)71-108(103)106-67-75(2)31-33-77(106)4/h6-7,9,11,14-15,17,19-20,23-24,26-27,29,31-32,34-35,37,39-45,47,51-55,57-60,63-64,68-73,77,80,85,88,96-97,99-100,102-106,108-111,113-115H,1,8,10,12-13,16,18,21-22,25,28,30,33,36,38,46,48-50,56,61-62,65-67,74H2,2-5H3/b107-69-. The van der Waals surface area contributed by atoms with Crippen molar-refractivity contribution in [1.82, 2.24) is 9.80 Å². The van der Waals surface area contributed by atoms with Crippen LogP contribution in [0.5, 0.6) is 0 Å². The van der Waals surface area contributed by atoms with Crippen LogP contribution in [0, 0.1) is 114 Å². The van der Waals surface area contributed by atoms with Crippen LogP contribution in [0.4, 0.5) is 8.78 Å². The van der Waals surface area contributed by atoms with Crippen LogP contribution in [0.1, 0.15) is 208 Å². The first kappa shape index (κ1) is 79.3. The molecule has 4 aromatic rings. The first-order valence-corrected chi connectivity index (χ1v) is 50.3. The third kappa shape index (κ3) is 14.2. The maximum absolute atomic E-state index is 14.9. The topological polar surface area (TPSA) is 6.48 Å². The van der Waals surface area contributed by atoms with Gasteiger partial charge in [-0.3, -0.25) is 0 Å². The zero-order valence-electron chi connectivity index (χ0n) is 72.5. The lowest BCUT2D eigenvalue weighted by Crippen LogP contribution is -2.50. The highest BCUT2D eigenvalue weighted by Gasteiger charge is 2.67. The second-order valence-corrected chi connectivity index (χ2v) is 45.1. The molecule has 121 heavy (non-hydrogen) atoms. The Bertz CT molecular complexity index is 5390. The lowest BCUT2D eigenvalue weighted by molar-refractivity contribution is 0.0932. The molecule has 1 saturated heterocycles. The van der Waals surface area contributed by atoms with E-state index < -0.39 is 8.07 Å². The highest BCUT2D eigenvalue weighted by Crippen LogP contribution is 2.72. The summed E-state index contributed by atoms with van der Waals surface area (Å²) in [4.78, 5) is 5.97. The third-order valence-electron chi connectivity index (χ3n) is 34.5. The molecule has 620 valence electrons. The number of hydrogen-bond acceptors (Lipinski definition) is 2. The fraction of sp³-hybridized carbons (Fsp3) is 0.431. The van der Waals surface area contributed by atoms with Crippen molar-refractivity contribution < 1.29 is 8.78 Å². The molecule has 0 amide bonds. The Morgan fingerprint density at radius 2 is 1.33 bits per heavy atom. The zero-order valence-corrected chi connectivity index (χ0v) is 73.5. The molecule has 5 heteroatoms. The van der Waals surface area contributed by atoms with Gasteiger partial charge in [-0.1, -0.05) is 254 Å². The van der Waals surface area contributed by atoms with E-state index >= 15 is 0 Å². The van der Waals surface area contributed by atoms with Crippen molar-refractivity contribution in [2.24, 2.45) is 88.8 Å². The molecule has 4 aromatic carbocycles. The fourth-order valence-corrected chi connectivity index (χ4v) is 37.6. The largest absolute Gasteiger partial charge is 0.342 e. The van der Waals surface area contributed by atoms with Crippen molar-refractivity contribution in [3.05, 3.63) is 375 Å². The number of halogens is 2. The van der Waals surface area contributed by atoms with Crippen LogP contribution in [0.15, 0.2) is 335 Å². The molecule has 0 N–H and O–H groups in total. The van der Waals surface area contributed by atoms with E-state index in [2.05, 4.69) is 275 Å². The lowest BCUT2D eigenvalue weighted by atomic mass is 9.53. The van der Waals surface area contributed by atoms with Gasteiger partial charge < -0.3 is 9.80 Å². The molecule has 6 aliphatic heterocycles. The first-order chi connectivity index (χ1) is 59.4. The summed E-state index contributed by atoms with van der Waals surface area (Å²) in [6.07, 6.45) is 106. The molecular formula is C116H128F2N2Si. The minimum absolute atomic E-state index is 0.00953. The summed E-state index contributed by atoms with van der Waals surface area (Å²) in [6, 6.07) is 31.4. The van der Waals surface area contributed by atoms with Crippen molar-refractivity contribution in [3.63, 3.8) is 0 Å². The van der Waals surface area contributed by atoms with Gasteiger partial charge in [-0.05, 0) is 385 Å².